The van der Waals surface area contributed by atoms with E-state index in [9.17, 15) is 14.6 Å². The van der Waals surface area contributed by atoms with E-state index in [0.29, 0.717) is 6.42 Å². The molecule has 0 spiro atoms. The molecule has 1 fully saturated rings. The second kappa shape index (κ2) is 8.78. The van der Waals surface area contributed by atoms with Gasteiger partial charge in [-0.05, 0) is 42.1 Å². The summed E-state index contributed by atoms with van der Waals surface area (Å²) >= 11 is 0. The summed E-state index contributed by atoms with van der Waals surface area (Å²) in [6, 6.07) is 26.8. The van der Waals surface area contributed by atoms with Crippen molar-refractivity contribution in [3.8, 4) is 0 Å². The summed E-state index contributed by atoms with van der Waals surface area (Å²) in [6.07, 6.45) is 0.587. The minimum absolute atomic E-state index is 0.136. The van der Waals surface area contributed by atoms with Crippen molar-refractivity contribution in [3.05, 3.63) is 102 Å². The van der Waals surface area contributed by atoms with E-state index in [0.717, 1.165) is 22.4 Å². The number of rotatable bonds is 7. The van der Waals surface area contributed by atoms with Crippen LogP contribution in [0.25, 0.3) is 0 Å². The maximum Gasteiger partial charge on any atom is 0.406 e. The number of amides is 2. The molecule has 0 bridgehead atoms. The topological polar surface area (TPSA) is 69.6 Å². The smallest absolute Gasteiger partial charge is 0.406 e. The summed E-state index contributed by atoms with van der Waals surface area (Å²) in [5.41, 5.74) is 2.55. The highest BCUT2D eigenvalue weighted by Gasteiger charge is 2.52. The third-order valence-corrected chi connectivity index (χ3v) is 5.75. The molecule has 31 heavy (non-hydrogen) atoms. The van der Waals surface area contributed by atoms with Gasteiger partial charge in [-0.2, -0.15) is 0 Å². The molecule has 3 aromatic carbocycles. The number of hydrogen-bond donors (Lipinski definition) is 2. The van der Waals surface area contributed by atoms with Crippen LogP contribution in [0.3, 0.4) is 0 Å². The van der Waals surface area contributed by atoms with Gasteiger partial charge < -0.3 is 10.3 Å². The molecule has 0 aliphatic carbocycles. The Hall–Kier alpha value is -3.38. The van der Waals surface area contributed by atoms with E-state index in [2.05, 4.69) is 5.23 Å². The van der Waals surface area contributed by atoms with Crippen LogP contribution in [0, 0.1) is 0 Å². The molecular weight excluding hydrogens is 387 g/mol. The minimum Gasteiger partial charge on any atom is -0.433 e. The number of hydrogen-bond acceptors (Lipinski definition) is 4. The van der Waals surface area contributed by atoms with Crippen molar-refractivity contribution in [2.75, 3.05) is 5.23 Å². The van der Waals surface area contributed by atoms with Crippen molar-refractivity contribution < 1.29 is 14.6 Å². The van der Waals surface area contributed by atoms with Crippen molar-refractivity contribution in [1.29, 1.82) is 0 Å². The van der Waals surface area contributed by atoms with Gasteiger partial charge in [0.2, 0.25) is 11.8 Å². The number of nitrogens with one attached hydrogen (secondary N) is 1. The van der Waals surface area contributed by atoms with E-state index in [4.69, 9.17) is 0 Å². The zero-order chi connectivity index (χ0) is 21.8. The molecule has 4 rings (SSSR count). The van der Waals surface area contributed by atoms with Gasteiger partial charge in [-0.1, -0.05) is 72.8 Å². The second-order valence-electron chi connectivity index (χ2n) is 8.09. The molecule has 2 N–H and O–H groups in total. The Kier molecular flexibility index (Phi) is 5.91. The molecule has 1 aliphatic heterocycles. The van der Waals surface area contributed by atoms with Crippen LogP contribution in [0.5, 0.6) is 0 Å². The van der Waals surface area contributed by atoms with Crippen molar-refractivity contribution in [2.45, 2.75) is 31.6 Å². The van der Waals surface area contributed by atoms with Crippen LogP contribution in [0.15, 0.2) is 84.9 Å². The second-order valence-corrected chi connectivity index (χ2v) is 8.09. The van der Waals surface area contributed by atoms with Gasteiger partial charge in [-0.15, -0.1) is 0 Å². The van der Waals surface area contributed by atoms with E-state index in [1.165, 1.54) is 4.90 Å². The molecule has 5 nitrogen and oxygen atoms in total. The van der Waals surface area contributed by atoms with Crippen molar-refractivity contribution in [1.82, 2.24) is 4.90 Å². The third kappa shape index (κ3) is 4.39. The normalized spacial score (nSPS) is 18.3. The number of likely N-dealkylation sites (tertiary alicyclic amines) is 1. The van der Waals surface area contributed by atoms with E-state index >= 15 is 0 Å². The minimum atomic E-state index is -0.948. The molecule has 2 amide bonds. The van der Waals surface area contributed by atoms with Crippen molar-refractivity contribution in [3.63, 3.8) is 0 Å². The zero-order valence-corrected chi connectivity index (χ0v) is 17.5. The van der Waals surface area contributed by atoms with Crippen molar-refractivity contribution in [2.24, 2.45) is 0 Å². The molecule has 0 saturated carbocycles. The first-order valence-electron chi connectivity index (χ1n) is 10.5. The summed E-state index contributed by atoms with van der Waals surface area (Å²) in [7, 11) is -0.680. The van der Waals surface area contributed by atoms with E-state index in [-0.39, 0.29) is 24.8 Å². The molecule has 1 unspecified atom stereocenters. The van der Waals surface area contributed by atoms with Gasteiger partial charge in [-0.25, -0.2) is 0 Å². The number of carbonyl (C=O) groups excluding carboxylic acids is 2. The summed E-state index contributed by atoms with van der Waals surface area (Å²) < 4.78 is 0. The Labute approximate surface area is 182 Å². The summed E-state index contributed by atoms with van der Waals surface area (Å²) in [5, 5.41) is 12.5. The first-order valence-corrected chi connectivity index (χ1v) is 10.5. The Morgan fingerprint density at radius 2 is 1.48 bits per heavy atom. The fourth-order valence-corrected chi connectivity index (χ4v) is 4.26. The van der Waals surface area contributed by atoms with Crippen LogP contribution >= 0.6 is 0 Å². The first kappa shape index (κ1) is 20.9. The lowest BCUT2D eigenvalue weighted by atomic mass is 9.74. The van der Waals surface area contributed by atoms with Crippen LogP contribution in [0.4, 0.5) is 5.69 Å². The van der Waals surface area contributed by atoms with E-state index < -0.39 is 12.5 Å². The number of imide groups is 1. The number of carbonyl (C=O) groups is 2. The maximum absolute atomic E-state index is 13.8. The summed E-state index contributed by atoms with van der Waals surface area (Å²) in [4.78, 5) is 28.2. The summed E-state index contributed by atoms with van der Waals surface area (Å²) in [6.45, 7) is 1.92. The van der Waals surface area contributed by atoms with Gasteiger partial charge in [0.15, 0.2) is 0 Å². The monoisotopic (exact) mass is 412 g/mol. The highest BCUT2D eigenvalue weighted by molar-refractivity contribution is 6.52. The average molecular weight is 412 g/mol. The van der Waals surface area contributed by atoms with Gasteiger partial charge in [0.1, 0.15) is 0 Å². The van der Waals surface area contributed by atoms with Gasteiger partial charge in [0.05, 0.1) is 12.0 Å². The molecule has 3 aromatic rings. The third-order valence-electron chi connectivity index (χ3n) is 5.75. The van der Waals surface area contributed by atoms with Crippen LogP contribution in [0.2, 0.25) is 6.82 Å². The largest absolute Gasteiger partial charge is 0.433 e. The van der Waals surface area contributed by atoms with Crippen molar-refractivity contribution >= 4 is 24.6 Å². The fourth-order valence-electron chi connectivity index (χ4n) is 4.26. The quantitative estimate of drug-likeness (QED) is 0.459. The highest BCUT2D eigenvalue weighted by Crippen LogP contribution is 2.40. The van der Waals surface area contributed by atoms with Gasteiger partial charge in [0.25, 0.3) is 0 Å². The molecule has 6 heteroatoms. The van der Waals surface area contributed by atoms with Crippen LogP contribution in [-0.4, -0.2) is 28.8 Å². The predicted octanol–water partition coefficient (Wildman–Crippen LogP) is 3.65. The lowest BCUT2D eigenvalue weighted by Crippen LogP contribution is -2.40. The maximum atomic E-state index is 13.8. The van der Waals surface area contributed by atoms with Crippen LogP contribution in [-0.2, 0) is 28.0 Å². The lowest BCUT2D eigenvalue weighted by molar-refractivity contribution is -0.140. The van der Waals surface area contributed by atoms with Crippen LogP contribution in [0.1, 0.15) is 23.1 Å². The van der Waals surface area contributed by atoms with Gasteiger partial charge >= 0.3 is 7.05 Å². The molecule has 156 valence electrons. The average Bonchev–Trinajstić information content (AvgIpc) is 3.00. The molecule has 0 radical (unpaired) electrons. The van der Waals surface area contributed by atoms with Gasteiger partial charge in [0, 0.05) is 12.1 Å². The molecule has 1 atom stereocenters. The fraction of sp³-hybridized carbons (Fsp3) is 0.200. The standard InChI is InChI=1S/C25H25BN2O3/c1-26(31)27-22-14-12-21(13-15-22)25(16-19-8-4-2-5-9-19)17-23(29)28(24(25)30)18-20-10-6-3-7-11-20/h2-15,27,31H,16-18H2,1H3. The molecular formula is C25H25BN2O3. The number of anilines is 1. The highest BCUT2D eigenvalue weighted by atomic mass is 16.2. The Morgan fingerprint density at radius 1 is 0.903 bits per heavy atom. The number of benzene rings is 3. The lowest BCUT2D eigenvalue weighted by Gasteiger charge is -2.28. The Morgan fingerprint density at radius 3 is 2.06 bits per heavy atom. The predicted molar refractivity (Wildman–Crippen MR) is 122 cm³/mol. The summed E-state index contributed by atoms with van der Waals surface area (Å²) in [5.74, 6) is -0.322. The molecule has 1 aliphatic rings. The van der Waals surface area contributed by atoms with Gasteiger partial charge in [-0.3, -0.25) is 14.5 Å². The molecule has 1 saturated heterocycles. The molecule has 1 heterocycles. The zero-order valence-electron chi connectivity index (χ0n) is 17.5. The Bertz CT molecular complexity index is 1060. The number of nitrogens with zero attached hydrogens (tertiary/aromatic N) is 1. The Balaban J connectivity index is 1.71. The molecule has 0 aromatic heterocycles. The van der Waals surface area contributed by atoms with Crippen LogP contribution < -0.4 is 5.23 Å². The first-order chi connectivity index (χ1) is 15.0. The van der Waals surface area contributed by atoms with E-state index in [1.807, 2.05) is 84.9 Å². The SMILES string of the molecule is CB(O)Nc1ccc(C2(Cc3ccccc3)CC(=O)N(Cc3ccccc3)C2=O)cc1. The van der Waals surface area contributed by atoms with E-state index in [1.54, 1.807) is 6.82 Å².